The molecular formula is C22H25ClN2O3. The molecular weight excluding hydrogens is 376 g/mol. The van der Waals surface area contributed by atoms with Gasteiger partial charge in [0.2, 0.25) is 5.91 Å². The van der Waals surface area contributed by atoms with Crippen molar-refractivity contribution in [2.45, 2.75) is 38.0 Å². The van der Waals surface area contributed by atoms with E-state index >= 15 is 0 Å². The van der Waals surface area contributed by atoms with Crippen LogP contribution in [0.25, 0.3) is 0 Å². The minimum Gasteiger partial charge on any atom is -0.497 e. The summed E-state index contributed by atoms with van der Waals surface area (Å²) in [5.41, 5.74) is 2.92. The third-order valence-electron chi connectivity index (χ3n) is 5.52. The number of anilines is 1. The molecule has 2 aromatic carbocycles. The Kier molecular flexibility index (Phi) is 5.47. The van der Waals surface area contributed by atoms with Crippen LogP contribution in [0.1, 0.15) is 36.5 Å². The van der Waals surface area contributed by atoms with Crippen molar-refractivity contribution in [3.63, 3.8) is 0 Å². The van der Waals surface area contributed by atoms with Crippen molar-refractivity contribution in [3.8, 4) is 5.75 Å². The molecule has 1 atom stereocenters. The molecule has 28 heavy (non-hydrogen) atoms. The summed E-state index contributed by atoms with van der Waals surface area (Å²) in [4.78, 5) is 16.9. The fourth-order valence-electron chi connectivity index (χ4n) is 3.80. The van der Waals surface area contributed by atoms with Gasteiger partial charge in [-0.05, 0) is 54.3 Å². The van der Waals surface area contributed by atoms with Crippen molar-refractivity contribution < 1.29 is 14.6 Å². The minimum absolute atomic E-state index is 0.182. The van der Waals surface area contributed by atoms with Crippen LogP contribution in [0.2, 0.25) is 5.02 Å². The molecule has 1 aliphatic heterocycles. The molecule has 6 heteroatoms. The van der Waals surface area contributed by atoms with E-state index in [1.807, 2.05) is 35.2 Å². The number of carbonyl (C=O) groups excluding carboxylic acids is 1. The number of aliphatic hydroxyl groups is 1. The van der Waals surface area contributed by atoms with Crippen LogP contribution in [0.4, 0.5) is 5.69 Å². The van der Waals surface area contributed by atoms with Gasteiger partial charge in [0.1, 0.15) is 5.75 Å². The summed E-state index contributed by atoms with van der Waals surface area (Å²) >= 11 is 5.96. The van der Waals surface area contributed by atoms with Crippen LogP contribution >= 0.6 is 11.6 Å². The number of hydrogen-bond donors (Lipinski definition) is 1. The summed E-state index contributed by atoms with van der Waals surface area (Å²) in [7, 11) is 1.65. The molecule has 0 radical (unpaired) electrons. The Balaban J connectivity index is 1.62. The molecule has 4 rings (SSSR count). The first-order valence-corrected chi connectivity index (χ1v) is 10.1. The Bertz CT molecular complexity index is 851. The predicted octanol–water partition coefficient (Wildman–Crippen LogP) is 3.78. The fourth-order valence-corrected chi connectivity index (χ4v) is 3.92. The van der Waals surface area contributed by atoms with E-state index in [0.29, 0.717) is 37.1 Å². The molecule has 1 amide bonds. The summed E-state index contributed by atoms with van der Waals surface area (Å²) < 4.78 is 5.40. The standard InChI is InChI=1S/C22H25ClN2O3/c1-28-19-8-9-20-16(12-19)13-25(18-6-7-18)22(27)10-11-24(20)14-21(26)15-2-4-17(23)5-3-15/h2-5,8-9,12,18,21,26H,6-7,10-11,13-14H2,1H3. The normalized spacial score (nSPS) is 18.3. The summed E-state index contributed by atoms with van der Waals surface area (Å²) in [5.74, 6) is 0.961. The van der Waals surface area contributed by atoms with Crippen molar-refractivity contribution >= 4 is 23.2 Å². The number of benzene rings is 2. The van der Waals surface area contributed by atoms with Crippen LogP contribution in [0.3, 0.4) is 0 Å². The van der Waals surface area contributed by atoms with Gasteiger partial charge in [-0.2, -0.15) is 0 Å². The maximum Gasteiger partial charge on any atom is 0.224 e. The monoisotopic (exact) mass is 400 g/mol. The lowest BCUT2D eigenvalue weighted by atomic mass is 10.0. The van der Waals surface area contributed by atoms with Gasteiger partial charge >= 0.3 is 0 Å². The summed E-state index contributed by atoms with van der Waals surface area (Å²) in [5, 5.41) is 11.4. The van der Waals surface area contributed by atoms with E-state index in [0.717, 1.165) is 35.4 Å². The van der Waals surface area contributed by atoms with Crippen LogP contribution in [0, 0.1) is 0 Å². The Morgan fingerprint density at radius 1 is 1.21 bits per heavy atom. The molecule has 5 nitrogen and oxygen atoms in total. The summed E-state index contributed by atoms with van der Waals surface area (Å²) in [6, 6.07) is 13.6. The zero-order chi connectivity index (χ0) is 19.7. The number of halogens is 1. The fraction of sp³-hybridized carbons (Fsp3) is 0.409. The third-order valence-corrected chi connectivity index (χ3v) is 5.77. The van der Waals surface area contributed by atoms with Crippen molar-refractivity contribution in [2.24, 2.45) is 0 Å². The van der Waals surface area contributed by atoms with Crippen LogP contribution in [0.15, 0.2) is 42.5 Å². The number of rotatable bonds is 5. The molecule has 1 N–H and O–H groups in total. The van der Waals surface area contributed by atoms with Crippen LogP contribution in [-0.2, 0) is 11.3 Å². The van der Waals surface area contributed by atoms with E-state index in [1.165, 1.54) is 0 Å². The Labute approximate surface area is 170 Å². The van der Waals surface area contributed by atoms with Gasteiger partial charge in [0.15, 0.2) is 0 Å². The molecule has 1 saturated carbocycles. The maximum atomic E-state index is 12.7. The van der Waals surface area contributed by atoms with Gasteiger partial charge in [-0.25, -0.2) is 0 Å². The number of ether oxygens (including phenoxy) is 1. The number of nitrogens with zero attached hydrogens (tertiary/aromatic N) is 2. The first-order chi connectivity index (χ1) is 13.5. The van der Waals surface area contributed by atoms with E-state index in [1.54, 1.807) is 19.2 Å². The lowest BCUT2D eigenvalue weighted by Crippen LogP contribution is -2.40. The molecule has 1 fully saturated rings. The number of amides is 1. The molecule has 0 bridgehead atoms. The van der Waals surface area contributed by atoms with Gasteiger partial charge in [-0.15, -0.1) is 0 Å². The molecule has 1 aliphatic carbocycles. The van der Waals surface area contributed by atoms with E-state index in [4.69, 9.17) is 16.3 Å². The Morgan fingerprint density at radius 2 is 1.96 bits per heavy atom. The average Bonchev–Trinajstić information content (AvgIpc) is 3.53. The number of aliphatic hydroxyl groups excluding tert-OH is 1. The SMILES string of the molecule is COc1ccc2c(c1)CN(C1CC1)C(=O)CCN2CC(O)c1ccc(Cl)cc1. The van der Waals surface area contributed by atoms with Crippen LogP contribution < -0.4 is 9.64 Å². The van der Waals surface area contributed by atoms with Crippen molar-refractivity contribution in [1.82, 2.24) is 4.90 Å². The number of carbonyl (C=O) groups is 1. The van der Waals surface area contributed by atoms with Gasteiger partial charge in [0.05, 0.1) is 13.2 Å². The van der Waals surface area contributed by atoms with E-state index in [9.17, 15) is 9.90 Å². The quantitative estimate of drug-likeness (QED) is 0.829. The van der Waals surface area contributed by atoms with Gasteiger partial charge in [-0.1, -0.05) is 23.7 Å². The molecule has 0 spiro atoms. The highest BCUT2D eigenvalue weighted by Crippen LogP contribution is 2.35. The number of β-amino-alcohol motifs (C(OH)–C–C–N with tert-alkyl or cyclic N) is 1. The van der Waals surface area contributed by atoms with E-state index < -0.39 is 6.10 Å². The highest BCUT2D eigenvalue weighted by Gasteiger charge is 2.34. The first-order valence-electron chi connectivity index (χ1n) is 9.70. The number of hydrogen-bond acceptors (Lipinski definition) is 4. The Hall–Kier alpha value is -2.24. The highest BCUT2D eigenvalue weighted by molar-refractivity contribution is 6.30. The van der Waals surface area contributed by atoms with Crippen molar-refractivity contribution in [3.05, 3.63) is 58.6 Å². The maximum absolute atomic E-state index is 12.7. The van der Waals surface area contributed by atoms with Gasteiger partial charge < -0.3 is 19.6 Å². The summed E-state index contributed by atoms with van der Waals surface area (Å²) in [6.45, 7) is 1.58. The first kappa shape index (κ1) is 19.1. The summed E-state index contributed by atoms with van der Waals surface area (Å²) in [6.07, 6.45) is 1.96. The van der Waals surface area contributed by atoms with Gasteiger partial charge in [0, 0.05) is 42.8 Å². The second-order valence-corrected chi connectivity index (χ2v) is 7.95. The zero-order valence-electron chi connectivity index (χ0n) is 16.0. The average molecular weight is 401 g/mol. The molecule has 2 aromatic rings. The molecule has 1 heterocycles. The smallest absolute Gasteiger partial charge is 0.224 e. The van der Waals surface area contributed by atoms with Crippen LogP contribution in [0.5, 0.6) is 5.75 Å². The van der Waals surface area contributed by atoms with E-state index in [2.05, 4.69) is 4.90 Å². The Morgan fingerprint density at radius 3 is 2.64 bits per heavy atom. The molecule has 148 valence electrons. The number of methoxy groups -OCH3 is 1. The van der Waals surface area contributed by atoms with E-state index in [-0.39, 0.29) is 5.91 Å². The number of fused-ring (bicyclic) bond motifs is 1. The molecule has 0 aromatic heterocycles. The van der Waals surface area contributed by atoms with Gasteiger partial charge in [0.25, 0.3) is 0 Å². The second-order valence-electron chi connectivity index (χ2n) is 7.51. The van der Waals surface area contributed by atoms with Gasteiger partial charge in [-0.3, -0.25) is 4.79 Å². The second kappa shape index (κ2) is 8.02. The highest BCUT2D eigenvalue weighted by atomic mass is 35.5. The topological polar surface area (TPSA) is 53.0 Å². The molecule has 1 unspecified atom stereocenters. The van der Waals surface area contributed by atoms with Crippen molar-refractivity contribution in [1.29, 1.82) is 0 Å². The van der Waals surface area contributed by atoms with Crippen LogP contribution in [-0.4, -0.2) is 42.2 Å². The minimum atomic E-state index is -0.665. The molecule has 0 saturated heterocycles. The molecule has 2 aliphatic rings. The zero-order valence-corrected chi connectivity index (χ0v) is 16.7. The third kappa shape index (κ3) is 4.10. The largest absolute Gasteiger partial charge is 0.497 e. The van der Waals surface area contributed by atoms with Crippen molar-refractivity contribution in [2.75, 3.05) is 25.1 Å². The predicted molar refractivity (Wildman–Crippen MR) is 110 cm³/mol. The lowest BCUT2D eigenvalue weighted by Gasteiger charge is -2.34. The lowest BCUT2D eigenvalue weighted by molar-refractivity contribution is -0.132.